The predicted molar refractivity (Wildman–Crippen MR) is 86.8 cm³/mol. The van der Waals surface area contributed by atoms with Gasteiger partial charge in [0.1, 0.15) is 5.75 Å². The van der Waals surface area contributed by atoms with E-state index in [1.807, 2.05) is 58.0 Å². The fraction of sp³-hybridized carbons (Fsp3) is 0.389. The number of carbonyl (C=O) groups excluding carboxylic acids is 1. The lowest BCUT2D eigenvalue weighted by Crippen LogP contribution is -2.42. The predicted octanol–water partition coefficient (Wildman–Crippen LogP) is 3.87. The Balaban J connectivity index is 2.28. The quantitative estimate of drug-likeness (QED) is 0.929. The first-order valence-corrected chi connectivity index (χ1v) is 7.20. The second-order valence-electron chi connectivity index (χ2n) is 6.43. The van der Waals surface area contributed by atoms with Crippen LogP contribution >= 0.6 is 0 Å². The molecule has 0 spiro atoms. The number of methoxy groups -OCH3 is 1. The molecule has 112 valence electrons. The van der Waals surface area contributed by atoms with Crippen molar-refractivity contribution in [3.05, 3.63) is 42.0 Å². The van der Waals surface area contributed by atoms with Gasteiger partial charge in [0.15, 0.2) is 0 Å². The van der Waals surface area contributed by atoms with Crippen LogP contribution in [0.5, 0.6) is 5.75 Å². The molecule has 1 N–H and O–H groups in total. The molecule has 0 heterocycles. The maximum atomic E-state index is 12.3. The monoisotopic (exact) mass is 285 g/mol. The highest BCUT2D eigenvalue weighted by atomic mass is 16.5. The van der Waals surface area contributed by atoms with Gasteiger partial charge in [0.25, 0.3) is 0 Å². The summed E-state index contributed by atoms with van der Waals surface area (Å²) in [6.07, 6.45) is 0. The molecule has 3 nitrogen and oxygen atoms in total. The van der Waals surface area contributed by atoms with Crippen LogP contribution in [0.2, 0.25) is 0 Å². The molecule has 0 saturated carbocycles. The molecule has 1 amide bonds. The van der Waals surface area contributed by atoms with Crippen LogP contribution in [0.3, 0.4) is 0 Å². The van der Waals surface area contributed by atoms with Crippen molar-refractivity contribution in [2.24, 2.45) is 0 Å². The minimum Gasteiger partial charge on any atom is -0.497 e. The van der Waals surface area contributed by atoms with Gasteiger partial charge in [-0.05, 0) is 56.2 Å². The van der Waals surface area contributed by atoms with Crippen molar-refractivity contribution < 1.29 is 9.53 Å². The van der Waals surface area contributed by atoms with Crippen molar-refractivity contribution in [2.45, 2.75) is 39.2 Å². The van der Waals surface area contributed by atoms with Gasteiger partial charge in [-0.3, -0.25) is 4.79 Å². The Bertz CT molecular complexity index is 656. The third kappa shape index (κ3) is 3.75. The Morgan fingerprint density at radius 3 is 2.33 bits per heavy atom. The molecule has 2 rings (SSSR count). The molecule has 21 heavy (non-hydrogen) atoms. The summed E-state index contributed by atoms with van der Waals surface area (Å²) in [5, 5.41) is 5.25. The van der Waals surface area contributed by atoms with E-state index in [-0.39, 0.29) is 17.4 Å². The van der Waals surface area contributed by atoms with Gasteiger partial charge in [-0.25, -0.2) is 0 Å². The zero-order valence-electron chi connectivity index (χ0n) is 13.4. The number of rotatable bonds is 3. The molecule has 0 aliphatic rings. The molecule has 0 fully saturated rings. The molecular formula is C18H23NO2. The Morgan fingerprint density at radius 1 is 1.10 bits per heavy atom. The van der Waals surface area contributed by atoms with Gasteiger partial charge in [0, 0.05) is 5.54 Å². The summed E-state index contributed by atoms with van der Waals surface area (Å²) < 4.78 is 5.23. The normalized spacial score (nSPS) is 13.0. The van der Waals surface area contributed by atoms with Crippen LogP contribution < -0.4 is 10.1 Å². The van der Waals surface area contributed by atoms with E-state index in [1.54, 1.807) is 7.11 Å². The molecule has 0 unspecified atom stereocenters. The van der Waals surface area contributed by atoms with E-state index >= 15 is 0 Å². The summed E-state index contributed by atoms with van der Waals surface area (Å²) in [5.41, 5.74) is 0.810. The number of hydrogen-bond acceptors (Lipinski definition) is 2. The van der Waals surface area contributed by atoms with Crippen LogP contribution in [0, 0.1) is 0 Å². The second kappa shape index (κ2) is 5.76. The Labute approximate surface area is 126 Å². The third-order valence-electron chi connectivity index (χ3n) is 3.46. The molecule has 2 aromatic carbocycles. The Kier molecular flexibility index (Phi) is 4.21. The highest BCUT2D eigenvalue weighted by Crippen LogP contribution is 2.25. The zero-order chi connectivity index (χ0) is 15.6. The van der Waals surface area contributed by atoms with Crippen LogP contribution in [0.25, 0.3) is 10.8 Å². The molecule has 0 bridgehead atoms. The highest BCUT2D eigenvalue weighted by molar-refractivity contribution is 5.88. The molecule has 0 radical (unpaired) electrons. The van der Waals surface area contributed by atoms with Crippen molar-refractivity contribution in [1.82, 2.24) is 5.32 Å². The summed E-state index contributed by atoms with van der Waals surface area (Å²) in [7, 11) is 1.66. The number of ether oxygens (including phenoxy) is 1. The number of carbonyl (C=O) groups is 1. The lowest BCUT2D eigenvalue weighted by Gasteiger charge is -2.23. The summed E-state index contributed by atoms with van der Waals surface area (Å²) in [5.74, 6) is 0.722. The van der Waals surface area contributed by atoms with Gasteiger partial charge >= 0.3 is 0 Å². The van der Waals surface area contributed by atoms with E-state index in [4.69, 9.17) is 4.74 Å². The Morgan fingerprint density at radius 2 is 1.71 bits per heavy atom. The molecule has 0 saturated heterocycles. The molecule has 2 aromatic rings. The van der Waals surface area contributed by atoms with Crippen LogP contribution in [0.4, 0.5) is 0 Å². The molecule has 0 aliphatic carbocycles. The van der Waals surface area contributed by atoms with Crippen LogP contribution in [-0.2, 0) is 4.79 Å². The number of benzene rings is 2. The molecule has 1 atom stereocenters. The fourth-order valence-electron chi connectivity index (χ4n) is 2.27. The van der Waals surface area contributed by atoms with Crippen LogP contribution in [-0.4, -0.2) is 18.6 Å². The third-order valence-corrected chi connectivity index (χ3v) is 3.46. The van der Waals surface area contributed by atoms with E-state index < -0.39 is 0 Å². The molecular weight excluding hydrogens is 262 g/mol. The van der Waals surface area contributed by atoms with Gasteiger partial charge < -0.3 is 10.1 Å². The standard InChI is InChI=1S/C18H23NO2/c1-12(17(20)19-18(2,3)4)13-6-7-15-11-16(21-5)9-8-14(15)10-13/h6-12H,1-5H3,(H,19,20)/t12-/m0/s1. The average molecular weight is 285 g/mol. The van der Waals surface area contributed by atoms with E-state index in [0.29, 0.717) is 0 Å². The van der Waals surface area contributed by atoms with Crippen LogP contribution in [0.15, 0.2) is 36.4 Å². The van der Waals surface area contributed by atoms with Gasteiger partial charge in [-0.15, -0.1) is 0 Å². The minimum atomic E-state index is -0.213. The van der Waals surface area contributed by atoms with Crippen molar-refractivity contribution in [1.29, 1.82) is 0 Å². The fourth-order valence-corrected chi connectivity index (χ4v) is 2.27. The lowest BCUT2D eigenvalue weighted by molar-refractivity contribution is -0.123. The maximum Gasteiger partial charge on any atom is 0.227 e. The van der Waals surface area contributed by atoms with Crippen molar-refractivity contribution >= 4 is 16.7 Å². The highest BCUT2D eigenvalue weighted by Gasteiger charge is 2.20. The van der Waals surface area contributed by atoms with E-state index in [1.165, 1.54) is 0 Å². The number of nitrogens with one attached hydrogen (secondary N) is 1. The van der Waals surface area contributed by atoms with E-state index in [0.717, 1.165) is 22.1 Å². The van der Waals surface area contributed by atoms with Gasteiger partial charge in [-0.2, -0.15) is 0 Å². The largest absolute Gasteiger partial charge is 0.497 e. The van der Waals surface area contributed by atoms with Gasteiger partial charge in [0.2, 0.25) is 5.91 Å². The molecule has 0 aliphatic heterocycles. The van der Waals surface area contributed by atoms with Crippen molar-refractivity contribution in [2.75, 3.05) is 7.11 Å². The van der Waals surface area contributed by atoms with E-state index in [9.17, 15) is 4.79 Å². The Hall–Kier alpha value is -2.03. The number of amides is 1. The van der Waals surface area contributed by atoms with Gasteiger partial charge in [0.05, 0.1) is 13.0 Å². The second-order valence-corrected chi connectivity index (χ2v) is 6.43. The summed E-state index contributed by atoms with van der Waals surface area (Å²) in [4.78, 5) is 12.3. The summed E-state index contributed by atoms with van der Waals surface area (Å²) in [6.45, 7) is 7.91. The zero-order valence-corrected chi connectivity index (χ0v) is 13.4. The first-order valence-electron chi connectivity index (χ1n) is 7.20. The first-order chi connectivity index (χ1) is 9.80. The van der Waals surface area contributed by atoms with E-state index in [2.05, 4.69) is 11.4 Å². The molecule has 3 heteroatoms. The van der Waals surface area contributed by atoms with Crippen molar-refractivity contribution in [3.63, 3.8) is 0 Å². The summed E-state index contributed by atoms with van der Waals surface area (Å²) >= 11 is 0. The maximum absolute atomic E-state index is 12.3. The smallest absolute Gasteiger partial charge is 0.227 e. The average Bonchev–Trinajstić information content (AvgIpc) is 2.43. The SMILES string of the molecule is COc1ccc2cc([C@H](C)C(=O)NC(C)(C)C)ccc2c1. The topological polar surface area (TPSA) is 38.3 Å². The van der Waals surface area contributed by atoms with Crippen molar-refractivity contribution in [3.8, 4) is 5.75 Å². The van der Waals surface area contributed by atoms with Gasteiger partial charge in [-0.1, -0.05) is 24.3 Å². The lowest BCUT2D eigenvalue weighted by atomic mass is 9.96. The van der Waals surface area contributed by atoms with Crippen LogP contribution in [0.1, 0.15) is 39.2 Å². The summed E-state index contributed by atoms with van der Waals surface area (Å²) in [6, 6.07) is 12.1. The number of fused-ring (bicyclic) bond motifs is 1. The first kappa shape index (κ1) is 15.4. The number of hydrogen-bond donors (Lipinski definition) is 1. The molecule has 0 aromatic heterocycles. The minimum absolute atomic E-state index is 0.0513.